The van der Waals surface area contributed by atoms with Crippen molar-refractivity contribution in [1.29, 1.82) is 0 Å². The van der Waals surface area contributed by atoms with Gasteiger partial charge in [-0.2, -0.15) is 5.10 Å². The molecule has 1 heterocycles. The minimum Gasteiger partial charge on any atom is -0.497 e. The van der Waals surface area contributed by atoms with Gasteiger partial charge in [-0.05, 0) is 48.4 Å². The molecule has 23 heavy (non-hydrogen) atoms. The molecule has 0 bridgehead atoms. The number of halogens is 1. The monoisotopic (exact) mass is 326 g/mol. The van der Waals surface area contributed by atoms with Crippen molar-refractivity contribution in [3.8, 4) is 28.3 Å². The highest BCUT2D eigenvalue weighted by Gasteiger charge is 2.15. The summed E-state index contributed by atoms with van der Waals surface area (Å²) in [4.78, 5) is 0. The van der Waals surface area contributed by atoms with Gasteiger partial charge < -0.3 is 4.74 Å². The molecule has 1 aromatic heterocycles. The van der Waals surface area contributed by atoms with Gasteiger partial charge in [0.1, 0.15) is 5.75 Å². The average Bonchev–Trinajstić information content (AvgIpc) is 3.00. The molecule has 0 radical (unpaired) electrons. The maximum Gasteiger partial charge on any atom is 0.118 e. The van der Waals surface area contributed by atoms with Crippen LogP contribution in [0.15, 0.2) is 48.5 Å². The van der Waals surface area contributed by atoms with Gasteiger partial charge in [-0.15, -0.1) is 0 Å². The number of aromatic amines is 1. The van der Waals surface area contributed by atoms with Crippen LogP contribution in [0.3, 0.4) is 0 Å². The minimum atomic E-state index is 0.737. The van der Waals surface area contributed by atoms with E-state index in [0.717, 1.165) is 46.1 Å². The van der Waals surface area contributed by atoms with Crippen LogP contribution in [0.4, 0.5) is 0 Å². The maximum atomic E-state index is 5.99. The Labute approximate surface area is 141 Å². The molecule has 0 unspecified atom stereocenters. The van der Waals surface area contributed by atoms with E-state index in [1.54, 1.807) is 7.11 Å². The molecule has 0 saturated heterocycles. The Kier molecular flexibility index (Phi) is 4.68. The summed E-state index contributed by atoms with van der Waals surface area (Å²) in [5, 5.41) is 8.49. The molecular formula is C19H19ClN2O. The maximum absolute atomic E-state index is 5.99. The van der Waals surface area contributed by atoms with E-state index in [4.69, 9.17) is 16.3 Å². The number of nitrogens with zero attached hydrogens (tertiary/aromatic N) is 1. The third-order valence-corrected chi connectivity index (χ3v) is 4.12. The molecule has 4 heteroatoms. The Morgan fingerprint density at radius 2 is 1.65 bits per heavy atom. The van der Waals surface area contributed by atoms with Crippen molar-refractivity contribution in [2.24, 2.45) is 0 Å². The Hall–Kier alpha value is -2.26. The van der Waals surface area contributed by atoms with Gasteiger partial charge in [-0.3, -0.25) is 5.10 Å². The number of aromatic nitrogens is 2. The molecule has 3 nitrogen and oxygen atoms in total. The lowest BCUT2D eigenvalue weighted by atomic mass is 9.98. The summed E-state index contributed by atoms with van der Waals surface area (Å²) >= 11 is 5.99. The molecule has 0 saturated carbocycles. The Balaban J connectivity index is 2.05. The van der Waals surface area contributed by atoms with E-state index in [1.165, 1.54) is 5.56 Å². The molecule has 3 aromatic rings. The fraction of sp³-hybridized carbons (Fsp3) is 0.211. The highest BCUT2D eigenvalue weighted by atomic mass is 35.5. The van der Waals surface area contributed by atoms with Crippen LogP contribution in [0, 0.1) is 0 Å². The van der Waals surface area contributed by atoms with E-state index in [9.17, 15) is 0 Å². The van der Waals surface area contributed by atoms with Gasteiger partial charge in [0.05, 0.1) is 18.5 Å². The molecule has 0 aliphatic rings. The number of ether oxygens (including phenoxy) is 1. The van der Waals surface area contributed by atoms with Crippen LogP contribution in [-0.4, -0.2) is 17.3 Å². The molecule has 0 spiro atoms. The summed E-state index contributed by atoms with van der Waals surface area (Å²) in [6, 6.07) is 15.9. The number of nitrogens with one attached hydrogen (secondary N) is 1. The van der Waals surface area contributed by atoms with Crippen LogP contribution in [0.25, 0.3) is 22.5 Å². The molecule has 0 fully saturated rings. The molecule has 118 valence electrons. The zero-order chi connectivity index (χ0) is 16.2. The minimum absolute atomic E-state index is 0.737. The van der Waals surface area contributed by atoms with Crippen molar-refractivity contribution in [1.82, 2.24) is 10.2 Å². The molecule has 0 aliphatic heterocycles. The summed E-state index contributed by atoms with van der Waals surface area (Å²) in [5.74, 6) is 0.847. The van der Waals surface area contributed by atoms with Crippen molar-refractivity contribution in [2.45, 2.75) is 19.8 Å². The highest BCUT2D eigenvalue weighted by Crippen LogP contribution is 2.32. The third-order valence-electron chi connectivity index (χ3n) is 3.86. The first kappa shape index (κ1) is 15.6. The van der Waals surface area contributed by atoms with E-state index in [1.807, 2.05) is 48.5 Å². The van der Waals surface area contributed by atoms with Crippen molar-refractivity contribution in [2.75, 3.05) is 7.11 Å². The second-order valence-corrected chi connectivity index (χ2v) is 5.85. The summed E-state index contributed by atoms with van der Waals surface area (Å²) < 4.78 is 5.23. The lowest BCUT2D eigenvalue weighted by Gasteiger charge is -2.06. The van der Waals surface area contributed by atoms with Crippen LogP contribution in [0.1, 0.15) is 18.9 Å². The van der Waals surface area contributed by atoms with Gasteiger partial charge in [0.25, 0.3) is 0 Å². The molecule has 0 atom stereocenters. The number of methoxy groups -OCH3 is 1. The summed E-state index contributed by atoms with van der Waals surface area (Å²) in [6.45, 7) is 2.18. The number of H-pyrrole nitrogens is 1. The number of hydrogen-bond donors (Lipinski definition) is 1. The van der Waals surface area contributed by atoms with Crippen molar-refractivity contribution in [3.63, 3.8) is 0 Å². The first-order valence-electron chi connectivity index (χ1n) is 7.70. The molecule has 1 N–H and O–H groups in total. The molecular weight excluding hydrogens is 308 g/mol. The average molecular weight is 327 g/mol. The zero-order valence-electron chi connectivity index (χ0n) is 13.3. The lowest BCUT2D eigenvalue weighted by Crippen LogP contribution is -1.90. The van der Waals surface area contributed by atoms with Crippen molar-refractivity contribution >= 4 is 11.6 Å². The largest absolute Gasteiger partial charge is 0.497 e. The van der Waals surface area contributed by atoms with Crippen LogP contribution >= 0.6 is 11.6 Å². The second-order valence-electron chi connectivity index (χ2n) is 5.41. The van der Waals surface area contributed by atoms with E-state index in [2.05, 4.69) is 17.1 Å². The number of rotatable bonds is 5. The van der Waals surface area contributed by atoms with E-state index in [-0.39, 0.29) is 0 Å². The van der Waals surface area contributed by atoms with Gasteiger partial charge in [0.2, 0.25) is 0 Å². The van der Waals surface area contributed by atoms with E-state index < -0.39 is 0 Å². The summed E-state index contributed by atoms with van der Waals surface area (Å²) in [6.07, 6.45) is 2.03. The fourth-order valence-electron chi connectivity index (χ4n) is 2.70. The Morgan fingerprint density at radius 1 is 1.00 bits per heavy atom. The molecule has 0 aliphatic carbocycles. The Morgan fingerprint density at radius 3 is 2.26 bits per heavy atom. The Bertz CT molecular complexity index is 776. The molecule has 2 aromatic carbocycles. The van der Waals surface area contributed by atoms with Crippen molar-refractivity contribution < 1.29 is 4.74 Å². The smallest absolute Gasteiger partial charge is 0.118 e. The van der Waals surface area contributed by atoms with Crippen LogP contribution in [-0.2, 0) is 6.42 Å². The van der Waals surface area contributed by atoms with E-state index >= 15 is 0 Å². The predicted molar refractivity (Wildman–Crippen MR) is 95.0 cm³/mol. The second kappa shape index (κ2) is 6.88. The van der Waals surface area contributed by atoms with Crippen LogP contribution < -0.4 is 4.74 Å². The first-order valence-corrected chi connectivity index (χ1v) is 8.08. The standard InChI is InChI=1S/C19H19ClN2O/c1-3-4-17-18(13-5-9-15(20)10-6-13)21-22-19(17)14-7-11-16(23-2)12-8-14/h5-12H,3-4H2,1-2H3,(H,21,22). The van der Waals surface area contributed by atoms with E-state index in [0.29, 0.717) is 0 Å². The zero-order valence-corrected chi connectivity index (χ0v) is 14.0. The van der Waals surface area contributed by atoms with Gasteiger partial charge in [0, 0.05) is 16.1 Å². The predicted octanol–water partition coefficient (Wildman–Crippen LogP) is 5.36. The van der Waals surface area contributed by atoms with Crippen LogP contribution in [0.5, 0.6) is 5.75 Å². The summed E-state index contributed by atoms with van der Waals surface area (Å²) in [5.41, 5.74) is 5.49. The molecule has 3 rings (SSSR count). The number of benzene rings is 2. The van der Waals surface area contributed by atoms with Crippen molar-refractivity contribution in [3.05, 3.63) is 59.1 Å². The third kappa shape index (κ3) is 3.25. The normalized spacial score (nSPS) is 10.7. The van der Waals surface area contributed by atoms with Crippen LogP contribution in [0.2, 0.25) is 5.02 Å². The topological polar surface area (TPSA) is 37.9 Å². The van der Waals surface area contributed by atoms with Gasteiger partial charge in [0.15, 0.2) is 0 Å². The lowest BCUT2D eigenvalue weighted by molar-refractivity contribution is 0.415. The highest BCUT2D eigenvalue weighted by molar-refractivity contribution is 6.30. The number of hydrogen-bond acceptors (Lipinski definition) is 2. The fourth-order valence-corrected chi connectivity index (χ4v) is 2.83. The quantitative estimate of drug-likeness (QED) is 0.685. The van der Waals surface area contributed by atoms with Gasteiger partial charge in [-0.25, -0.2) is 0 Å². The van der Waals surface area contributed by atoms with Gasteiger partial charge >= 0.3 is 0 Å². The summed E-state index contributed by atoms with van der Waals surface area (Å²) in [7, 11) is 1.67. The first-order chi connectivity index (χ1) is 11.2. The molecule has 0 amide bonds. The van der Waals surface area contributed by atoms with Gasteiger partial charge in [-0.1, -0.05) is 37.1 Å². The SMILES string of the molecule is CCCc1c(-c2ccc(OC)cc2)n[nH]c1-c1ccc(Cl)cc1.